The number of carbonyl (C=O) groups excluding carboxylic acids is 1. The monoisotopic (exact) mass is 375 g/mol. The van der Waals surface area contributed by atoms with E-state index in [1.54, 1.807) is 48.5 Å². The van der Waals surface area contributed by atoms with E-state index in [4.69, 9.17) is 14.7 Å². The number of benzene rings is 2. The Morgan fingerprint density at radius 2 is 1.68 bits per heavy atom. The fraction of sp³-hybridized carbons (Fsp3) is 0.100. The number of carbonyl (C=O) groups is 1. The summed E-state index contributed by atoms with van der Waals surface area (Å²) in [6, 6.07) is 17.3. The van der Waals surface area contributed by atoms with Crippen LogP contribution in [0.5, 0.6) is 11.5 Å². The highest BCUT2D eigenvalue weighted by molar-refractivity contribution is 6.04. The molecule has 8 nitrogen and oxygen atoms in total. The van der Waals surface area contributed by atoms with E-state index in [-0.39, 0.29) is 5.91 Å². The highest BCUT2D eigenvalue weighted by atomic mass is 16.5. The zero-order valence-corrected chi connectivity index (χ0v) is 15.3. The normalized spacial score (nSPS) is 9.89. The van der Waals surface area contributed by atoms with Crippen LogP contribution in [-0.4, -0.2) is 30.3 Å². The molecule has 0 bridgehead atoms. The van der Waals surface area contributed by atoms with Crippen molar-refractivity contribution >= 4 is 23.2 Å². The summed E-state index contributed by atoms with van der Waals surface area (Å²) < 4.78 is 10.4. The highest BCUT2D eigenvalue weighted by Gasteiger charge is 2.12. The highest BCUT2D eigenvalue weighted by Crippen LogP contribution is 2.27. The van der Waals surface area contributed by atoms with Crippen LogP contribution in [0.1, 0.15) is 15.9 Å². The average Bonchev–Trinajstić information content (AvgIpc) is 2.74. The van der Waals surface area contributed by atoms with E-state index in [1.165, 1.54) is 14.2 Å². The van der Waals surface area contributed by atoms with Crippen LogP contribution >= 0.6 is 0 Å². The van der Waals surface area contributed by atoms with E-state index in [0.29, 0.717) is 39.9 Å². The predicted molar refractivity (Wildman–Crippen MR) is 104 cm³/mol. The van der Waals surface area contributed by atoms with Crippen LogP contribution < -0.4 is 20.1 Å². The minimum atomic E-state index is -0.356. The molecule has 0 unspecified atom stereocenters. The van der Waals surface area contributed by atoms with Crippen LogP contribution in [0.25, 0.3) is 0 Å². The van der Waals surface area contributed by atoms with Gasteiger partial charge in [-0.2, -0.15) is 5.26 Å². The van der Waals surface area contributed by atoms with Crippen LogP contribution in [0.2, 0.25) is 0 Å². The number of rotatable bonds is 6. The minimum Gasteiger partial charge on any atom is -0.493 e. The molecule has 1 amide bonds. The van der Waals surface area contributed by atoms with Crippen LogP contribution in [0.3, 0.4) is 0 Å². The van der Waals surface area contributed by atoms with Crippen LogP contribution in [-0.2, 0) is 0 Å². The van der Waals surface area contributed by atoms with Gasteiger partial charge in [0.2, 0.25) is 0 Å². The second-order valence-corrected chi connectivity index (χ2v) is 5.61. The van der Waals surface area contributed by atoms with Gasteiger partial charge in [0.25, 0.3) is 5.91 Å². The SMILES string of the molecule is COc1ccc(C(=O)Nc2ccc(Nc3ccccc3C#N)nn2)cc1OC. The van der Waals surface area contributed by atoms with Crippen molar-refractivity contribution in [3.63, 3.8) is 0 Å². The molecule has 1 heterocycles. The van der Waals surface area contributed by atoms with E-state index < -0.39 is 0 Å². The number of hydrogen-bond donors (Lipinski definition) is 2. The molecule has 0 aliphatic rings. The zero-order valence-electron chi connectivity index (χ0n) is 15.3. The van der Waals surface area contributed by atoms with Crippen molar-refractivity contribution < 1.29 is 14.3 Å². The molecule has 0 spiro atoms. The first-order valence-electron chi connectivity index (χ1n) is 8.28. The van der Waals surface area contributed by atoms with Gasteiger partial charge >= 0.3 is 0 Å². The summed E-state index contributed by atoms with van der Waals surface area (Å²) in [4.78, 5) is 12.4. The first kappa shape index (κ1) is 18.7. The van der Waals surface area contributed by atoms with Crippen molar-refractivity contribution in [2.45, 2.75) is 0 Å². The summed E-state index contributed by atoms with van der Waals surface area (Å²) in [6.45, 7) is 0. The number of nitrogens with zero attached hydrogens (tertiary/aromatic N) is 3. The molecule has 0 saturated carbocycles. The first-order valence-corrected chi connectivity index (χ1v) is 8.28. The number of nitrogens with one attached hydrogen (secondary N) is 2. The van der Waals surface area contributed by atoms with Crippen molar-refractivity contribution in [3.8, 4) is 17.6 Å². The van der Waals surface area contributed by atoms with Crippen LogP contribution in [0.15, 0.2) is 54.6 Å². The number of nitriles is 1. The molecule has 1 aromatic heterocycles. The number of ether oxygens (including phenoxy) is 2. The number of hydrogen-bond acceptors (Lipinski definition) is 7. The summed E-state index contributed by atoms with van der Waals surface area (Å²) in [5.41, 5.74) is 1.51. The summed E-state index contributed by atoms with van der Waals surface area (Å²) in [5.74, 6) is 1.38. The maximum Gasteiger partial charge on any atom is 0.257 e. The predicted octanol–water partition coefficient (Wildman–Crippen LogP) is 3.36. The fourth-order valence-electron chi connectivity index (χ4n) is 2.46. The molecular formula is C20H17N5O3. The van der Waals surface area contributed by atoms with E-state index in [0.717, 1.165) is 0 Å². The topological polar surface area (TPSA) is 109 Å². The van der Waals surface area contributed by atoms with Gasteiger partial charge < -0.3 is 20.1 Å². The molecule has 3 rings (SSSR count). The lowest BCUT2D eigenvalue weighted by molar-refractivity contribution is 0.102. The van der Waals surface area contributed by atoms with Crippen molar-refractivity contribution in [1.82, 2.24) is 10.2 Å². The largest absolute Gasteiger partial charge is 0.493 e. The Kier molecular flexibility index (Phi) is 5.67. The number of anilines is 3. The lowest BCUT2D eigenvalue weighted by Gasteiger charge is -2.10. The molecule has 0 aliphatic carbocycles. The quantitative estimate of drug-likeness (QED) is 0.680. The van der Waals surface area contributed by atoms with Gasteiger partial charge in [0.15, 0.2) is 23.1 Å². The maximum atomic E-state index is 12.4. The van der Waals surface area contributed by atoms with E-state index in [2.05, 4.69) is 26.9 Å². The summed E-state index contributed by atoms with van der Waals surface area (Å²) in [5, 5.41) is 22.8. The fourth-order valence-corrected chi connectivity index (χ4v) is 2.46. The molecule has 0 radical (unpaired) electrons. The average molecular weight is 375 g/mol. The van der Waals surface area contributed by atoms with Gasteiger partial charge in [0, 0.05) is 5.56 Å². The summed E-state index contributed by atoms with van der Waals surface area (Å²) in [7, 11) is 3.03. The van der Waals surface area contributed by atoms with E-state index in [1.807, 2.05) is 6.07 Å². The molecule has 2 N–H and O–H groups in total. The molecule has 0 fully saturated rings. The molecule has 0 saturated heterocycles. The molecule has 2 aromatic carbocycles. The lowest BCUT2D eigenvalue weighted by Crippen LogP contribution is -2.13. The Labute approximate surface area is 161 Å². The van der Waals surface area contributed by atoms with Crippen LogP contribution in [0, 0.1) is 11.3 Å². The third kappa shape index (κ3) is 4.16. The Hall–Kier alpha value is -4.12. The van der Waals surface area contributed by atoms with Gasteiger partial charge in [0.1, 0.15) is 6.07 Å². The number of para-hydroxylation sites is 1. The molecule has 3 aromatic rings. The lowest BCUT2D eigenvalue weighted by atomic mass is 10.2. The van der Waals surface area contributed by atoms with Crippen molar-refractivity contribution in [3.05, 3.63) is 65.7 Å². The summed E-state index contributed by atoms with van der Waals surface area (Å²) >= 11 is 0. The minimum absolute atomic E-state index is 0.291. The third-order valence-corrected chi connectivity index (χ3v) is 3.86. The van der Waals surface area contributed by atoms with Gasteiger partial charge in [-0.3, -0.25) is 4.79 Å². The molecule has 0 aliphatic heterocycles. The van der Waals surface area contributed by atoms with Crippen molar-refractivity contribution in [2.75, 3.05) is 24.9 Å². The van der Waals surface area contributed by atoms with Gasteiger partial charge in [0.05, 0.1) is 25.5 Å². The summed E-state index contributed by atoms with van der Waals surface area (Å²) in [6.07, 6.45) is 0. The van der Waals surface area contributed by atoms with E-state index >= 15 is 0 Å². The second kappa shape index (κ2) is 8.51. The molecular weight excluding hydrogens is 358 g/mol. The Bertz CT molecular complexity index is 1030. The first-order chi connectivity index (χ1) is 13.6. The Morgan fingerprint density at radius 3 is 2.36 bits per heavy atom. The number of aromatic nitrogens is 2. The van der Waals surface area contributed by atoms with Crippen molar-refractivity contribution in [1.29, 1.82) is 5.26 Å². The van der Waals surface area contributed by atoms with Crippen LogP contribution in [0.4, 0.5) is 17.3 Å². The standard InChI is InChI=1S/C20H17N5O3/c1-27-16-8-7-13(11-17(16)28-2)20(26)23-19-10-9-18(24-25-19)22-15-6-4-3-5-14(15)12-21/h3-11H,1-2H3,(H,22,24)(H,23,25,26). The van der Waals surface area contributed by atoms with Crippen molar-refractivity contribution in [2.24, 2.45) is 0 Å². The Morgan fingerprint density at radius 1 is 0.964 bits per heavy atom. The molecule has 8 heteroatoms. The second-order valence-electron chi connectivity index (χ2n) is 5.61. The zero-order chi connectivity index (χ0) is 19.9. The molecule has 0 atom stereocenters. The molecule has 28 heavy (non-hydrogen) atoms. The number of methoxy groups -OCH3 is 2. The van der Waals surface area contributed by atoms with Gasteiger partial charge in [-0.15, -0.1) is 10.2 Å². The van der Waals surface area contributed by atoms with Gasteiger partial charge in [-0.25, -0.2) is 0 Å². The number of amides is 1. The molecule has 140 valence electrons. The van der Waals surface area contributed by atoms with Gasteiger partial charge in [-0.05, 0) is 42.5 Å². The third-order valence-electron chi connectivity index (χ3n) is 3.86. The van der Waals surface area contributed by atoms with E-state index in [9.17, 15) is 4.79 Å². The Balaban J connectivity index is 1.70. The maximum absolute atomic E-state index is 12.4. The van der Waals surface area contributed by atoms with Gasteiger partial charge in [-0.1, -0.05) is 12.1 Å². The smallest absolute Gasteiger partial charge is 0.257 e.